The molecule has 0 radical (unpaired) electrons. The number of aromatic nitrogens is 2. The van der Waals surface area contributed by atoms with Crippen molar-refractivity contribution >= 4 is 28.4 Å². The van der Waals surface area contributed by atoms with Crippen molar-refractivity contribution in [1.82, 2.24) is 14.5 Å². The van der Waals surface area contributed by atoms with Crippen LogP contribution < -0.4 is 5.56 Å². The lowest BCUT2D eigenvalue weighted by Crippen LogP contribution is -2.35. The Bertz CT molecular complexity index is 1410. The molecule has 5 rings (SSSR count). The lowest BCUT2D eigenvalue weighted by Gasteiger charge is -2.27. The third kappa shape index (κ3) is 4.12. The van der Waals surface area contributed by atoms with E-state index in [9.17, 15) is 9.59 Å². The molecule has 4 aromatic rings. The average Bonchev–Trinajstić information content (AvgIpc) is 3.05. The quantitative estimate of drug-likeness (QED) is 0.381. The molecule has 0 bridgehead atoms. The van der Waals surface area contributed by atoms with E-state index in [4.69, 9.17) is 16.6 Å². The van der Waals surface area contributed by atoms with Gasteiger partial charge in [-0.3, -0.25) is 14.2 Å². The standard InChI is InChI=1S/C28H26ClN3O2/c1-28(2)16-24(31(27(28)34)17-19-9-5-3-6-10-19)25-30-23-15-21(29)13-14-22(23)26(33)32(25)18-20-11-7-4-8-12-20/h3-15,24H,16-18H2,1-2H3. The van der Waals surface area contributed by atoms with E-state index in [1.165, 1.54) is 0 Å². The fraction of sp³-hybridized carbons (Fsp3) is 0.250. The summed E-state index contributed by atoms with van der Waals surface area (Å²) in [5.41, 5.74) is 1.90. The van der Waals surface area contributed by atoms with E-state index >= 15 is 0 Å². The molecule has 1 amide bonds. The number of benzene rings is 3. The molecule has 2 heterocycles. The minimum atomic E-state index is -0.557. The molecule has 0 N–H and O–H groups in total. The Balaban J connectivity index is 1.69. The van der Waals surface area contributed by atoms with Crippen molar-refractivity contribution in [3.05, 3.63) is 111 Å². The minimum absolute atomic E-state index is 0.0630. The van der Waals surface area contributed by atoms with Crippen molar-refractivity contribution < 1.29 is 4.79 Å². The molecular weight excluding hydrogens is 446 g/mol. The third-order valence-electron chi connectivity index (χ3n) is 6.54. The minimum Gasteiger partial charge on any atom is -0.328 e. The van der Waals surface area contributed by atoms with Crippen LogP contribution in [0.2, 0.25) is 5.02 Å². The number of hydrogen-bond donors (Lipinski definition) is 0. The lowest BCUT2D eigenvalue weighted by atomic mass is 9.89. The molecule has 1 atom stereocenters. The third-order valence-corrected chi connectivity index (χ3v) is 6.78. The first kappa shape index (κ1) is 22.4. The first-order valence-electron chi connectivity index (χ1n) is 11.4. The molecule has 3 aromatic carbocycles. The number of likely N-dealkylation sites (tertiary alicyclic amines) is 1. The van der Waals surface area contributed by atoms with Gasteiger partial charge in [0.25, 0.3) is 5.56 Å². The Kier molecular flexibility index (Phi) is 5.74. The van der Waals surface area contributed by atoms with Crippen LogP contribution >= 0.6 is 11.6 Å². The lowest BCUT2D eigenvalue weighted by molar-refractivity contribution is -0.136. The van der Waals surface area contributed by atoms with Gasteiger partial charge in [-0.2, -0.15) is 0 Å². The maximum atomic E-state index is 13.7. The van der Waals surface area contributed by atoms with Crippen LogP contribution in [0.15, 0.2) is 83.7 Å². The Morgan fingerprint density at radius 1 is 0.912 bits per heavy atom. The van der Waals surface area contributed by atoms with Crippen LogP contribution in [0.25, 0.3) is 10.9 Å². The molecule has 1 fully saturated rings. The normalized spacial score (nSPS) is 17.4. The Labute approximate surface area is 203 Å². The number of halogens is 1. The molecule has 0 spiro atoms. The smallest absolute Gasteiger partial charge is 0.261 e. The highest BCUT2D eigenvalue weighted by molar-refractivity contribution is 6.31. The monoisotopic (exact) mass is 471 g/mol. The van der Waals surface area contributed by atoms with Gasteiger partial charge >= 0.3 is 0 Å². The highest BCUT2D eigenvalue weighted by atomic mass is 35.5. The van der Waals surface area contributed by atoms with Gasteiger partial charge in [0.1, 0.15) is 5.82 Å². The number of hydrogen-bond acceptors (Lipinski definition) is 3. The molecule has 0 saturated carbocycles. The second-order valence-electron chi connectivity index (χ2n) is 9.53. The van der Waals surface area contributed by atoms with Gasteiger partial charge in [0.05, 0.1) is 23.5 Å². The SMILES string of the molecule is CC1(C)CC(c2nc3cc(Cl)ccc3c(=O)n2Cc2ccccc2)N(Cc2ccccc2)C1=O. The van der Waals surface area contributed by atoms with Crippen LogP contribution in [-0.4, -0.2) is 20.4 Å². The summed E-state index contributed by atoms with van der Waals surface area (Å²) in [6.45, 7) is 4.77. The zero-order chi connectivity index (χ0) is 23.9. The molecule has 172 valence electrons. The second kappa shape index (κ2) is 8.73. The maximum Gasteiger partial charge on any atom is 0.261 e. The highest BCUT2D eigenvalue weighted by Crippen LogP contribution is 2.44. The summed E-state index contributed by atoms with van der Waals surface area (Å²) in [5, 5.41) is 1.04. The van der Waals surface area contributed by atoms with E-state index in [-0.39, 0.29) is 17.5 Å². The first-order valence-corrected chi connectivity index (χ1v) is 11.8. The fourth-order valence-corrected chi connectivity index (χ4v) is 4.95. The summed E-state index contributed by atoms with van der Waals surface area (Å²) < 4.78 is 1.73. The molecule has 0 aliphatic carbocycles. The number of carbonyl (C=O) groups excluding carboxylic acids is 1. The summed E-state index contributed by atoms with van der Waals surface area (Å²) in [4.78, 5) is 34.0. The summed E-state index contributed by atoms with van der Waals surface area (Å²) >= 11 is 6.24. The predicted octanol–water partition coefficient (Wildman–Crippen LogP) is 5.60. The molecule has 1 unspecified atom stereocenters. The largest absolute Gasteiger partial charge is 0.328 e. The molecule has 1 aliphatic rings. The highest BCUT2D eigenvalue weighted by Gasteiger charge is 2.47. The summed E-state index contributed by atoms with van der Waals surface area (Å²) in [7, 11) is 0. The Morgan fingerprint density at radius 3 is 2.18 bits per heavy atom. The number of carbonyl (C=O) groups is 1. The van der Waals surface area contributed by atoms with Crippen LogP contribution in [0.4, 0.5) is 0 Å². The predicted molar refractivity (Wildman–Crippen MR) is 135 cm³/mol. The maximum absolute atomic E-state index is 13.7. The van der Waals surface area contributed by atoms with E-state index in [1.54, 1.807) is 22.8 Å². The van der Waals surface area contributed by atoms with Gasteiger partial charge < -0.3 is 4.90 Å². The van der Waals surface area contributed by atoms with Crippen LogP contribution in [-0.2, 0) is 17.9 Å². The van der Waals surface area contributed by atoms with Crippen molar-refractivity contribution in [1.29, 1.82) is 0 Å². The topological polar surface area (TPSA) is 55.2 Å². The number of fused-ring (bicyclic) bond motifs is 1. The fourth-order valence-electron chi connectivity index (χ4n) is 4.79. The zero-order valence-electron chi connectivity index (χ0n) is 19.2. The van der Waals surface area contributed by atoms with Gasteiger partial charge in [0.15, 0.2) is 0 Å². The second-order valence-corrected chi connectivity index (χ2v) is 9.97. The summed E-state index contributed by atoms with van der Waals surface area (Å²) in [6.07, 6.45) is 0.575. The van der Waals surface area contributed by atoms with Crippen molar-refractivity contribution in [2.45, 2.75) is 39.4 Å². The molecular formula is C28H26ClN3O2. The molecule has 1 aromatic heterocycles. The van der Waals surface area contributed by atoms with Gasteiger partial charge in [-0.25, -0.2) is 4.98 Å². The van der Waals surface area contributed by atoms with Crippen molar-refractivity contribution in [2.24, 2.45) is 5.41 Å². The Hall–Kier alpha value is -3.44. The number of rotatable bonds is 5. The zero-order valence-corrected chi connectivity index (χ0v) is 20.0. The van der Waals surface area contributed by atoms with Gasteiger partial charge in [0, 0.05) is 17.0 Å². The van der Waals surface area contributed by atoms with Crippen LogP contribution in [0, 0.1) is 5.41 Å². The van der Waals surface area contributed by atoms with Gasteiger partial charge in [-0.15, -0.1) is 0 Å². The molecule has 5 nitrogen and oxygen atoms in total. The first-order chi connectivity index (χ1) is 16.3. The summed E-state index contributed by atoms with van der Waals surface area (Å²) in [6, 6.07) is 24.6. The van der Waals surface area contributed by atoms with Gasteiger partial charge in [-0.1, -0.05) is 86.1 Å². The van der Waals surface area contributed by atoms with E-state index < -0.39 is 5.41 Å². The molecule has 1 saturated heterocycles. The molecule has 6 heteroatoms. The van der Waals surface area contributed by atoms with E-state index in [1.807, 2.05) is 79.4 Å². The van der Waals surface area contributed by atoms with Crippen LogP contribution in [0.1, 0.15) is 43.3 Å². The van der Waals surface area contributed by atoms with Crippen LogP contribution in [0.3, 0.4) is 0 Å². The van der Waals surface area contributed by atoms with Crippen LogP contribution in [0.5, 0.6) is 0 Å². The van der Waals surface area contributed by atoms with E-state index in [0.29, 0.717) is 41.3 Å². The van der Waals surface area contributed by atoms with Gasteiger partial charge in [-0.05, 0) is 35.7 Å². The summed E-state index contributed by atoms with van der Waals surface area (Å²) in [5.74, 6) is 0.659. The number of nitrogens with zero attached hydrogens (tertiary/aromatic N) is 3. The van der Waals surface area contributed by atoms with Crippen molar-refractivity contribution in [3.63, 3.8) is 0 Å². The molecule has 34 heavy (non-hydrogen) atoms. The van der Waals surface area contributed by atoms with Crippen molar-refractivity contribution in [2.75, 3.05) is 0 Å². The van der Waals surface area contributed by atoms with Crippen molar-refractivity contribution in [3.8, 4) is 0 Å². The molecule has 1 aliphatic heterocycles. The van der Waals surface area contributed by atoms with E-state index in [2.05, 4.69) is 0 Å². The number of amides is 1. The van der Waals surface area contributed by atoms with Gasteiger partial charge in [0.2, 0.25) is 5.91 Å². The Morgan fingerprint density at radius 2 is 1.53 bits per heavy atom. The van der Waals surface area contributed by atoms with E-state index in [0.717, 1.165) is 11.1 Å². The average molecular weight is 472 g/mol.